The van der Waals surface area contributed by atoms with E-state index < -0.39 is 0 Å². The van der Waals surface area contributed by atoms with E-state index in [0.29, 0.717) is 41.1 Å². The Morgan fingerprint density at radius 2 is 1.96 bits per heavy atom. The van der Waals surface area contributed by atoms with Gasteiger partial charge in [0.1, 0.15) is 0 Å². The summed E-state index contributed by atoms with van der Waals surface area (Å²) in [5.74, 6) is 1.78. The third-order valence-electron chi connectivity index (χ3n) is 5.94. The molecular weight excluding hydrogens is 399 g/mol. The van der Waals surface area contributed by atoms with Crippen molar-refractivity contribution in [3.8, 4) is 5.69 Å². The van der Waals surface area contributed by atoms with E-state index in [1.54, 1.807) is 10.7 Å². The zero-order chi connectivity index (χ0) is 18.4. The van der Waals surface area contributed by atoms with Gasteiger partial charge in [-0.05, 0) is 73.1 Å². The number of anilines is 1. The Balaban J connectivity index is 0.00000192. The first-order valence-electron chi connectivity index (χ1n) is 9.80. The van der Waals surface area contributed by atoms with Gasteiger partial charge >= 0.3 is 0 Å². The van der Waals surface area contributed by atoms with E-state index >= 15 is 0 Å². The van der Waals surface area contributed by atoms with Crippen LogP contribution in [0.15, 0.2) is 18.2 Å². The van der Waals surface area contributed by atoms with Gasteiger partial charge in [-0.15, -0.1) is 17.5 Å². The molecule has 2 saturated heterocycles. The summed E-state index contributed by atoms with van der Waals surface area (Å²) < 4.78 is 1.69. The van der Waals surface area contributed by atoms with Gasteiger partial charge in [0, 0.05) is 30.1 Å². The van der Waals surface area contributed by atoms with Crippen LogP contribution in [0.3, 0.4) is 0 Å². The molecule has 1 saturated carbocycles. The van der Waals surface area contributed by atoms with E-state index in [1.165, 1.54) is 12.8 Å². The Labute approximate surface area is 175 Å². The number of nitrogens with zero attached hydrogens (tertiary/aromatic N) is 4. The number of rotatable bonds is 5. The maximum absolute atomic E-state index is 12.6. The average Bonchev–Trinajstić information content (AvgIpc) is 3.28. The molecule has 9 heteroatoms. The molecule has 2 N–H and O–H groups in total. The normalized spacial score (nSPS) is 26.0. The number of benzene rings is 1. The molecule has 28 heavy (non-hydrogen) atoms. The molecule has 1 amide bonds. The van der Waals surface area contributed by atoms with Crippen LogP contribution in [0, 0.1) is 5.92 Å². The number of piperidine rings is 1. The van der Waals surface area contributed by atoms with Gasteiger partial charge in [0.25, 0.3) is 0 Å². The Bertz CT molecular complexity index is 856. The number of amides is 1. The molecule has 3 aliphatic rings. The molecule has 1 aromatic carbocycles. The number of tetrazole rings is 1. The summed E-state index contributed by atoms with van der Waals surface area (Å²) in [6.45, 7) is 0. The van der Waals surface area contributed by atoms with Crippen molar-refractivity contribution in [1.82, 2.24) is 25.5 Å². The SMILES string of the molecule is Cl.O=C(CC1CC2CCC(C1)N2)Nc1ccc(Cl)c(-n2nnnc2C2CC2)c1. The molecule has 150 valence electrons. The number of aromatic nitrogens is 4. The molecule has 2 bridgehead atoms. The van der Waals surface area contributed by atoms with Crippen molar-refractivity contribution in [2.24, 2.45) is 5.92 Å². The summed E-state index contributed by atoms with van der Waals surface area (Å²) in [6.07, 6.45) is 7.48. The van der Waals surface area contributed by atoms with Crippen molar-refractivity contribution in [3.05, 3.63) is 29.0 Å². The highest BCUT2D eigenvalue weighted by Gasteiger charge is 2.34. The van der Waals surface area contributed by atoms with Crippen molar-refractivity contribution >= 4 is 35.6 Å². The van der Waals surface area contributed by atoms with Crippen LogP contribution < -0.4 is 10.6 Å². The lowest BCUT2D eigenvalue weighted by Crippen LogP contribution is -2.39. The van der Waals surface area contributed by atoms with Gasteiger partial charge in [-0.2, -0.15) is 4.68 Å². The van der Waals surface area contributed by atoms with E-state index in [0.717, 1.165) is 37.2 Å². The van der Waals surface area contributed by atoms with Crippen LogP contribution in [-0.2, 0) is 4.79 Å². The van der Waals surface area contributed by atoms with Crippen LogP contribution in [0.25, 0.3) is 5.69 Å². The monoisotopic (exact) mass is 422 g/mol. The molecule has 3 heterocycles. The predicted molar refractivity (Wildman–Crippen MR) is 109 cm³/mol. The first-order chi connectivity index (χ1) is 13.2. The fraction of sp³-hybridized carbons (Fsp3) is 0.579. The average molecular weight is 423 g/mol. The molecule has 0 radical (unpaired) electrons. The summed E-state index contributed by atoms with van der Waals surface area (Å²) in [4.78, 5) is 12.6. The number of hydrogen-bond acceptors (Lipinski definition) is 5. The van der Waals surface area contributed by atoms with E-state index in [2.05, 4.69) is 26.2 Å². The minimum Gasteiger partial charge on any atom is -0.326 e. The Kier molecular flexibility index (Phi) is 5.58. The van der Waals surface area contributed by atoms with Gasteiger partial charge in [0.2, 0.25) is 5.91 Å². The highest BCUT2D eigenvalue weighted by atomic mass is 35.5. The lowest BCUT2D eigenvalue weighted by molar-refractivity contribution is -0.117. The molecule has 0 spiro atoms. The Hall–Kier alpha value is -1.70. The summed E-state index contributed by atoms with van der Waals surface area (Å²) >= 11 is 6.38. The van der Waals surface area contributed by atoms with Gasteiger partial charge in [0.15, 0.2) is 5.82 Å². The second-order valence-corrected chi connectivity index (χ2v) is 8.52. The van der Waals surface area contributed by atoms with Crippen molar-refractivity contribution in [2.75, 3.05) is 5.32 Å². The number of nitrogens with one attached hydrogen (secondary N) is 2. The first kappa shape index (κ1) is 19.6. The third kappa shape index (κ3) is 4.02. The van der Waals surface area contributed by atoms with Crippen LogP contribution in [0.4, 0.5) is 5.69 Å². The van der Waals surface area contributed by atoms with Gasteiger partial charge < -0.3 is 10.6 Å². The summed E-state index contributed by atoms with van der Waals surface area (Å²) in [5.41, 5.74) is 1.44. The molecule has 5 rings (SSSR count). The quantitative estimate of drug-likeness (QED) is 0.770. The van der Waals surface area contributed by atoms with Crippen LogP contribution in [0.2, 0.25) is 5.02 Å². The first-order valence-corrected chi connectivity index (χ1v) is 10.2. The van der Waals surface area contributed by atoms with E-state index in [9.17, 15) is 4.79 Å². The Morgan fingerprint density at radius 1 is 1.21 bits per heavy atom. The van der Waals surface area contributed by atoms with Gasteiger partial charge in [-0.25, -0.2) is 0 Å². The lowest BCUT2D eigenvalue weighted by Gasteiger charge is -2.28. The second kappa shape index (κ2) is 7.97. The molecule has 1 aromatic heterocycles. The van der Waals surface area contributed by atoms with E-state index in [4.69, 9.17) is 11.6 Å². The smallest absolute Gasteiger partial charge is 0.224 e. The third-order valence-corrected chi connectivity index (χ3v) is 6.26. The lowest BCUT2D eigenvalue weighted by atomic mass is 9.89. The van der Waals surface area contributed by atoms with Crippen LogP contribution >= 0.6 is 24.0 Å². The molecule has 2 atom stereocenters. The predicted octanol–water partition coefficient (Wildman–Crippen LogP) is 3.47. The molecule has 1 aliphatic carbocycles. The van der Waals surface area contributed by atoms with E-state index in [-0.39, 0.29) is 18.3 Å². The highest BCUT2D eigenvalue weighted by Crippen LogP contribution is 2.40. The number of halogens is 2. The maximum atomic E-state index is 12.6. The fourth-order valence-electron chi connectivity index (χ4n) is 4.53. The van der Waals surface area contributed by atoms with Crippen molar-refractivity contribution in [3.63, 3.8) is 0 Å². The zero-order valence-corrected chi connectivity index (χ0v) is 17.0. The molecule has 3 fully saturated rings. The van der Waals surface area contributed by atoms with Crippen LogP contribution in [0.5, 0.6) is 0 Å². The largest absolute Gasteiger partial charge is 0.326 e. The Morgan fingerprint density at radius 3 is 2.68 bits per heavy atom. The number of carbonyl (C=O) groups excluding carboxylic acids is 1. The minimum atomic E-state index is 0. The molecule has 7 nitrogen and oxygen atoms in total. The summed E-state index contributed by atoms with van der Waals surface area (Å²) in [5, 5.41) is 19.3. The zero-order valence-electron chi connectivity index (χ0n) is 15.5. The maximum Gasteiger partial charge on any atom is 0.224 e. The fourth-order valence-corrected chi connectivity index (χ4v) is 4.73. The second-order valence-electron chi connectivity index (χ2n) is 8.12. The number of hydrogen-bond donors (Lipinski definition) is 2. The molecule has 2 aromatic rings. The van der Waals surface area contributed by atoms with Crippen molar-refractivity contribution in [2.45, 2.75) is 62.9 Å². The van der Waals surface area contributed by atoms with Crippen molar-refractivity contribution < 1.29 is 4.79 Å². The number of carbonyl (C=O) groups is 1. The topological polar surface area (TPSA) is 84.7 Å². The summed E-state index contributed by atoms with van der Waals surface area (Å²) in [6, 6.07) is 6.68. The minimum absolute atomic E-state index is 0. The van der Waals surface area contributed by atoms with Crippen molar-refractivity contribution in [1.29, 1.82) is 0 Å². The highest BCUT2D eigenvalue weighted by molar-refractivity contribution is 6.32. The molecule has 2 unspecified atom stereocenters. The number of fused-ring (bicyclic) bond motifs is 2. The van der Waals surface area contributed by atoms with Gasteiger partial charge in [-0.1, -0.05) is 11.6 Å². The van der Waals surface area contributed by atoms with Crippen LogP contribution in [0.1, 0.15) is 56.7 Å². The van der Waals surface area contributed by atoms with Crippen LogP contribution in [-0.4, -0.2) is 38.2 Å². The standard InChI is InChI=1S/C19H23ClN6O.ClH/c20-16-6-5-15(10-17(16)26-19(12-1-2-12)23-24-25-26)22-18(27)9-11-7-13-3-4-14(8-11)21-13;/h5-6,10-14,21H,1-4,7-9H2,(H,22,27);1H. The van der Waals surface area contributed by atoms with Gasteiger partial charge in [-0.3, -0.25) is 4.79 Å². The molecular formula is C19H24Cl2N6O. The van der Waals surface area contributed by atoms with Gasteiger partial charge in [0.05, 0.1) is 10.7 Å². The summed E-state index contributed by atoms with van der Waals surface area (Å²) in [7, 11) is 0. The molecule has 2 aliphatic heterocycles. The van der Waals surface area contributed by atoms with E-state index in [1.807, 2.05) is 12.1 Å².